The molecule has 0 spiro atoms. The Morgan fingerprint density at radius 3 is 2.43 bits per heavy atom. The number of nitrogens with one attached hydrogen (secondary N) is 1. The number of halogens is 1. The van der Waals surface area contributed by atoms with Crippen LogP contribution in [-0.2, 0) is 16.4 Å². The number of sulfonamides is 1. The monoisotopic (exact) mass is 340 g/mol. The van der Waals surface area contributed by atoms with E-state index in [-0.39, 0.29) is 4.90 Å². The van der Waals surface area contributed by atoms with Crippen molar-refractivity contribution in [3.05, 3.63) is 59.1 Å². The summed E-state index contributed by atoms with van der Waals surface area (Å²) in [6, 6.07) is 12.9. The molecule has 0 aliphatic rings. The van der Waals surface area contributed by atoms with Gasteiger partial charge in [0, 0.05) is 11.4 Å². The molecule has 2 rings (SSSR count). The quantitative estimate of drug-likeness (QED) is 0.821. The lowest BCUT2D eigenvalue weighted by Gasteiger charge is -2.09. The molecule has 0 heterocycles. The fourth-order valence-corrected chi connectivity index (χ4v) is 3.16. The van der Waals surface area contributed by atoms with E-state index in [1.807, 2.05) is 0 Å². The van der Waals surface area contributed by atoms with Crippen LogP contribution in [0.25, 0.3) is 0 Å². The second-order valence-electron chi connectivity index (χ2n) is 4.40. The first-order chi connectivity index (χ1) is 9.87. The number of nitrogens with two attached hydrogens (primary N) is 1. The molecule has 2 aromatic carbocycles. The Kier molecular flexibility index (Phi) is 4.82. The normalized spacial score (nSPS) is 11.1. The molecule has 0 radical (unpaired) electrons. The fraction of sp³-hybridized carbons (Fsp3) is 0.0714. The lowest BCUT2D eigenvalue weighted by atomic mass is 10.1. The third-order valence-corrected chi connectivity index (χ3v) is 4.47. The lowest BCUT2D eigenvalue weighted by molar-refractivity contribution is 0.601. The van der Waals surface area contributed by atoms with E-state index in [9.17, 15) is 8.42 Å². The van der Waals surface area contributed by atoms with Gasteiger partial charge in [-0.1, -0.05) is 42.0 Å². The summed E-state index contributed by atoms with van der Waals surface area (Å²) in [5, 5.41) is 0.460. The van der Waals surface area contributed by atoms with Crippen LogP contribution >= 0.6 is 23.8 Å². The molecular weight excluding hydrogens is 328 g/mol. The number of rotatable bonds is 5. The molecule has 0 bridgehead atoms. The van der Waals surface area contributed by atoms with Gasteiger partial charge in [-0.25, -0.2) is 8.42 Å². The highest BCUT2D eigenvalue weighted by Crippen LogP contribution is 2.19. The van der Waals surface area contributed by atoms with Gasteiger partial charge in [0.2, 0.25) is 0 Å². The van der Waals surface area contributed by atoms with E-state index in [4.69, 9.17) is 29.6 Å². The van der Waals surface area contributed by atoms with E-state index in [1.165, 1.54) is 12.1 Å². The molecule has 0 atom stereocenters. The SMILES string of the molecule is NC(=S)Cc1ccc(S(=O)(=O)Nc2cccc(Cl)c2)cc1. The molecule has 7 heteroatoms. The summed E-state index contributed by atoms with van der Waals surface area (Å²) in [6.45, 7) is 0. The van der Waals surface area contributed by atoms with Crippen LogP contribution in [0.4, 0.5) is 5.69 Å². The molecule has 0 amide bonds. The van der Waals surface area contributed by atoms with Crippen molar-refractivity contribution >= 4 is 44.5 Å². The number of anilines is 1. The van der Waals surface area contributed by atoms with E-state index in [1.54, 1.807) is 36.4 Å². The Morgan fingerprint density at radius 2 is 1.86 bits per heavy atom. The molecule has 0 aromatic heterocycles. The molecule has 3 N–H and O–H groups in total. The van der Waals surface area contributed by atoms with Crippen molar-refractivity contribution in [3.8, 4) is 0 Å². The largest absolute Gasteiger partial charge is 0.393 e. The maximum Gasteiger partial charge on any atom is 0.261 e. The van der Waals surface area contributed by atoms with Gasteiger partial charge in [-0.15, -0.1) is 0 Å². The van der Waals surface area contributed by atoms with Crippen molar-refractivity contribution in [3.63, 3.8) is 0 Å². The van der Waals surface area contributed by atoms with Crippen molar-refractivity contribution in [1.82, 2.24) is 0 Å². The van der Waals surface area contributed by atoms with Gasteiger partial charge in [-0.05, 0) is 35.9 Å². The Morgan fingerprint density at radius 1 is 1.19 bits per heavy atom. The number of benzene rings is 2. The summed E-state index contributed by atoms with van der Waals surface area (Å²) in [4.78, 5) is 0.525. The summed E-state index contributed by atoms with van der Waals surface area (Å²) < 4.78 is 27.0. The average Bonchev–Trinajstić information content (AvgIpc) is 2.38. The average molecular weight is 341 g/mol. The molecule has 0 fully saturated rings. The van der Waals surface area contributed by atoms with E-state index < -0.39 is 10.0 Å². The minimum absolute atomic E-state index is 0.161. The first kappa shape index (κ1) is 15.8. The van der Waals surface area contributed by atoms with Crippen molar-refractivity contribution < 1.29 is 8.42 Å². The maximum absolute atomic E-state index is 12.2. The molecule has 4 nitrogen and oxygen atoms in total. The van der Waals surface area contributed by atoms with Gasteiger partial charge in [-0.3, -0.25) is 4.72 Å². The molecule has 0 saturated heterocycles. The van der Waals surface area contributed by atoms with Crippen LogP contribution in [0.15, 0.2) is 53.4 Å². The Balaban J connectivity index is 2.21. The number of thiocarbonyl (C=S) groups is 1. The van der Waals surface area contributed by atoms with Crippen LogP contribution in [0.5, 0.6) is 0 Å². The number of hydrogen-bond acceptors (Lipinski definition) is 3. The summed E-state index contributed by atoms with van der Waals surface area (Å²) >= 11 is 10.6. The molecule has 2 aromatic rings. The van der Waals surface area contributed by atoms with Crippen LogP contribution < -0.4 is 10.5 Å². The fourth-order valence-electron chi connectivity index (χ4n) is 1.75. The summed E-state index contributed by atoms with van der Waals surface area (Å²) in [6.07, 6.45) is 0.442. The lowest BCUT2D eigenvalue weighted by Crippen LogP contribution is -2.14. The molecule has 0 saturated carbocycles. The highest BCUT2D eigenvalue weighted by molar-refractivity contribution is 7.92. The Bertz CT molecular complexity index is 759. The summed E-state index contributed by atoms with van der Waals surface area (Å²) in [5.41, 5.74) is 6.73. The topological polar surface area (TPSA) is 72.2 Å². The van der Waals surface area contributed by atoms with Gasteiger partial charge < -0.3 is 5.73 Å². The standard InChI is InChI=1S/C14H13ClN2O2S2/c15-11-2-1-3-12(9-11)17-21(18,19)13-6-4-10(5-7-13)8-14(16)20/h1-7,9,17H,8H2,(H2,16,20). The minimum Gasteiger partial charge on any atom is -0.393 e. The van der Waals surface area contributed by atoms with Gasteiger partial charge in [0.05, 0.1) is 15.6 Å². The van der Waals surface area contributed by atoms with E-state index in [0.29, 0.717) is 22.1 Å². The van der Waals surface area contributed by atoms with Crippen molar-refractivity contribution in [1.29, 1.82) is 0 Å². The highest BCUT2D eigenvalue weighted by Gasteiger charge is 2.14. The zero-order valence-electron chi connectivity index (χ0n) is 10.9. The first-order valence-electron chi connectivity index (χ1n) is 6.02. The first-order valence-corrected chi connectivity index (χ1v) is 8.29. The zero-order chi connectivity index (χ0) is 15.5. The van der Waals surface area contributed by atoms with Crippen LogP contribution in [0.1, 0.15) is 5.56 Å². The highest BCUT2D eigenvalue weighted by atomic mass is 35.5. The third-order valence-electron chi connectivity index (χ3n) is 2.69. The molecular formula is C14H13ClN2O2S2. The molecule has 110 valence electrons. The van der Waals surface area contributed by atoms with Gasteiger partial charge in [-0.2, -0.15) is 0 Å². The maximum atomic E-state index is 12.2. The van der Waals surface area contributed by atoms with Crippen molar-refractivity contribution in [2.45, 2.75) is 11.3 Å². The predicted molar refractivity (Wildman–Crippen MR) is 89.2 cm³/mol. The smallest absolute Gasteiger partial charge is 0.261 e. The Hall–Kier alpha value is -1.63. The summed E-state index contributed by atoms with van der Waals surface area (Å²) in [5.74, 6) is 0. The zero-order valence-corrected chi connectivity index (χ0v) is 13.3. The van der Waals surface area contributed by atoms with Gasteiger partial charge >= 0.3 is 0 Å². The van der Waals surface area contributed by atoms with Crippen LogP contribution in [0.2, 0.25) is 5.02 Å². The van der Waals surface area contributed by atoms with E-state index >= 15 is 0 Å². The molecule has 0 aliphatic carbocycles. The summed E-state index contributed by atoms with van der Waals surface area (Å²) in [7, 11) is -3.65. The van der Waals surface area contributed by atoms with Crippen molar-refractivity contribution in [2.24, 2.45) is 5.73 Å². The van der Waals surface area contributed by atoms with Gasteiger partial charge in [0.15, 0.2) is 0 Å². The number of hydrogen-bond donors (Lipinski definition) is 2. The van der Waals surface area contributed by atoms with E-state index in [2.05, 4.69) is 4.72 Å². The second-order valence-corrected chi connectivity index (χ2v) is 7.05. The van der Waals surface area contributed by atoms with Gasteiger partial charge in [0.1, 0.15) is 0 Å². The van der Waals surface area contributed by atoms with Crippen LogP contribution in [0, 0.1) is 0 Å². The van der Waals surface area contributed by atoms with E-state index in [0.717, 1.165) is 5.56 Å². The Labute approximate surface area is 134 Å². The molecule has 0 aliphatic heterocycles. The molecule has 21 heavy (non-hydrogen) atoms. The van der Waals surface area contributed by atoms with Gasteiger partial charge in [0.25, 0.3) is 10.0 Å². The third kappa shape index (κ3) is 4.42. The second kappa shape index (κ2) is 6.43. The van der Waals surface area contributed by atoms with Crippen LogP contribution in [0.3, 0.4) is 0 Å². The van der Waals surface area contributed by atoms with Crippen LogP contribution in [-0.4, -0.2) is 13.4 Å². The predicted octanol–water partition coefficient (Wildman–Crippen LogP) is 2.97. The molecule has 0 unspecified atom stereocenters. The minimum atomic E-state index is -3.65. The van der Waals surface area contributed by atoms with Crippen molar-refractivity contribution in [2.75, 3.05) is 4.72 Å².